The van der Waals surface area contributed by atoms with Gasteiger partial charge in [0.15, 0.2) is 0 Å². The largest absolute Gasteiger partial charge is 0.497 e. The summed E-state index contributed by atoms with van der Waals surface area (Å²) in [4.78, 5) is 23.8. The first kappa shape index (κ1) is 20.7. The number of rotatable bonds is 5. The molecule has 0 atom stereocenters. The van der Waals surface area contributed by atoms with Crippen molar-refractivity contribution in [3.8, 4) is 17.0 Å². The highest BCUT2D eigenvalue weighted by Gasteiger charge is 2.26. The van der Waals surface area contributed by atoms with Gasteiger partial charge in [0.25, 0.3) is 11.6 Å². The summed E-state index contributed by atoms with van der Waals surface area (Å²) < 4.78 is 10.7. The first-order valence-corrected chi connectivity index (χ1v) is 11.5. The van der Waals surface area contributed by atoms with Crippen LogP contribution in [0.3, 0.4) is 0 Å². The zero-order valence-corrected chi connectivity index (χ0v) is 18.9. The van der Waals surface area contributed by atoms with Crippen LogP contribution in [0.25, 0.3) is 22.4 Å². The molecule has 1 saturated heterocycles. The van der Waals surface area contributed by atoms with Gasteiger partial charge in [-0.15, -0.1) is 11.3 Å². The normalized spacial score (nSPS) is 14.8. The standard InChI is InChI=1S/C24H24N4O3S/c1-16-22-20(24(29)28-11-9-27(10-12-28)15-19-4-3-13-32-19)14-21(25-23(22)31-26-16)17-5-7-18(30-2)8-6-17/h3-8,13-14H,9-12,15H2,1-2H3. The highest BCUT2D eigenvalue weighted by molar-refractivity contribution is 7.09. The van der Waals surface area contributed by atoms with Crippen molar-refractivity contribution in [3.63, 3.8) is 0 Å². The lowest BCUT2D eigenvalue weighted by Gasteiger charge is -2.34. The van der Waals surface area contributed by atoms with Gasteiger partial charge >= 0.3 is 0 Å². The van der Waals surface area contributed by atoms with Gasteiger partial charge in [-0.3, -0.25) is 9.69 Å². The molecule has 0 bridgehead atoms. The van der Waals surface area contributed by atoms with Gasteiger partial charge in [0.05, 0.1) is 29.4 Å². The molecular weight excluding hydrogens is 424 g/mol. The number of piperazine rings is 1. The molecule has 0 spiro atoms. The monoisotopic (exact) mass is 448 g/mol. The minimum Gasteiger partial charge on any atom is -0.497 e. The molecule has 164 valence electrons. The smallest absolute Gasteiger partial charge is 0.259 e. The van der Waals surface area contributed by atoms with Crippen LogP contribution in [0.15, 0.2) is 52.4 Å². The maximum atomic E-state index is 13.6. The summed E-state index contributed by atoms with van der Waals surface area (Å²) in [5.74, 6) is 0.760. The van der Waals surface area contributed by atoms with Crippen molar-refractivity contribution >= 4 is 28.3 Å². The number of hydrogen-bond donors (Lipinski definition) is 0. The van der Waals surface area contributed by atoms with E-state index in [4.69, 9.17) is 9.26 Å². The molecule has 7 nitrogen and oxygen atoms in total. The van der Waals surface area contributed by atoms with Gasteiger partial charge in [0.1, 0.15) is 5.75 Å². The van der Waals surface area contributed by atoms with E-state index >= 15 is 0 Å². The number of ether oxygens (including phenoxy) is 1. The second kappa shape index (κ2) is 8.72. The molecule has 1 fully saturated rings. The predicted molar refractivity (Wildman–Crippen MR) is 124 cm³/mol. The highest BCUT2D eigenvalue weighted by Crippen LogP contribution is 2.29. The van der Waals surface area contributed by atoms with E-state index in [2.05, 4.69) is 32.6 Å². The second-order valence-corrected chi connectivity index (χ2v) is 8.91. The van der Waals surface area contributed by atoms with Gasteiger partial charge in [0.2, 0.25) is 0 Å². The fourth-order valence-corrected chi connectivity index (χ4v) is 4.82. The van der Waals surface area contributed by atoms with E-state index in [0.717, 1.165) is 30.9 Å². The zero-order chi connectivity index (χ0) is 22.1. The maximum Gasteiger partial charge on any atom is 0.259 e. The van der Waals surface area contributed by atoms with Crippen molar-refractivity contribution in [2.24, 2.45) is 0 Å². The average Bonchev–Trinajstić information content (AvgIpc) is 3.48. The Bertz CT molecular complexity index is 1230. The first-order valence-electron chi connectivity index (χ1n) is 10.6. The lowest BCUT2D eigenvalue weighted by Crippen LogP contribution is -2.48. The summed E-state index contributed by atoms with van der Waals surface area (Å²) >= 11 is 1.77. The fraction of sp³-hybridized carbons (Fsp3) is 0.292. The minimum atomic E-state index is -0.00534. The number of pyridine rings is 1. The number of nitrogens with zero attached hydrogens (tertiary/aromatic N) is 4. The number of thiophene rings is 1. The molecule has 1 aliphatic rings. The molecule has 3 aromatic heterocycles. The number of benzene rings is 1. The van der Waals surface area contributed by atoms with Crippen LogP contribution in [0.2, 0.25) is 0 Å². The van der Waals surface area contributed by atoms with Crippen molar-refractivity contribution in [1.29, 1.82) is 0 Å². The van der Waals surface area contributed by atoms with E-state index in [1.165, 1.54) is 4.88 Å². The molecule has 0 aliphatic carbocycles. The van der Waals surface area contributed by atoms with E-state index in [1.54, 1.807) is 18.4 Å². The number of aromatic nitrogens is 2. The predicted octanol–water partition coefficient (Wildman–Crippen LogP) is 4.23. The van der Waals surface area contributed by atoms with Crippen LogP contribution >= 0.6 is 11.3 Å². The SMILES string of the molecule is COc1ccc(-c2cc(C(=O)N3CCN(Cc4cccs4)CC3)c3c(C)noc3n2)cc1. The summed E-state index contributed by atoms with van der Waals surface area (Å²) in [6.07, 6.45) is 0. The molecule has 8 heteroatoms. The Morgan fingerprint density at radius 1 is 1.16 bits per heavy atom. The van der Waals surface area contributed by atoms with Gasteiger partial charge in [-0.05, 0) is 48.7 Å². The van der Waals surface area contributed by atoms with Crippen LogP contribution in [0, 0.1) is 6.92 Å². The van der Waals surface area contributed by atoms with Crippen molar-refractivity contribution in [2.45, 2.75) is 13.5 Å². The van der Waals surface area contributed by atoms with Gasteiger partial charge in [-0.25, -0.2) is 4.98 Å². The molecule has 0 saturated carbocycles. The molecule has 5 rings (SSSR count). The third-order valence-electron chi connectivity index (χ3n) is 5.85. The van der Waals surface area contributed by atoms with Crippen LogP contribution in [0.1, 0.15) is 20.9 Å². The van der Waals surface area contributed by atoms with Crippen LogP contribution in [-0.4, -0.2) is 59.1 Å². The quantitative estimate of drug-likeness (QED) is 0.455. The second-order valence-electron chi connectivity index (χ2n) is 7.88. The molecule has 4 heterocycles. The highest BCUT2D eigenvalue weighted by atomic mass is 32.1. The Balaban J connectivity index is 1.41. The molecule has 1 aliphatic heterocycles. The Hall–Kier alpha value is -3.23. The lowest BCUT2D eigenvalue weighted by atomic mass is 10.0. The number of hydrogen-bond acceptors (Lipinski definition) is 7. The topological polar surface area (TPSA) is 71.7 Å². The van der Waals surface area contributed by atoms with Crippen molar-refractivity contribution < 1.29 is 14.1 Å². The van der Waals surface area contributed by atoms with E-state index in [-0.39, 0.29) is 5.91 Å². The molecule has 1 amide bonds. The summed E-state index contributed by atoms with van der Waals surface area (Å²) in [6, 6.07) is 13.7. The molecule has 32 heavy (non-hydrogen) atoms. The van der Waals surface area contributed by atoms with Crippen molar-refractivity contribution in [2.75, 3.05) is 33.3 Å². The number of aryl methyl sites for hydroxylation is 1. The van der Waals surface area contributed by atoms with E-state index in [1.807, 2.05) is 42.2 Å². The molecular formula is C24H24N4O3S. The summed E-state index contributed by atoms with van der Waals surface area (Å²) in [7, 11) is 1.63. The number of fused-ring (bicyclic) bond motifs is 1. The van der Waals surface area contributed by atoms with Gasteiger partial charge in [0, 0.05) is 43.2 Å². The lowest BCUT2D eigenvalue weighted by molar-refractivity contribution is 0.0631. The Morgan fingerprint density at radius 2 is 1.94 bits per heavy atom. The number of amides is 1. The minimum absolute atomic E-state index is 0.00534. The van der Waals surface area contributed by atoms with E-state index in [0.29, 0.717) is 41.1 Å². The summed E-state index contributed by atoms with van der Waals surface area (Å²) in [6.45, 7) is 5.87. The molecule has 0 unspecified atom stereocenters. The molecule has 0 N–H and O–H groups in total. The number of carbonyl (C=O) groups is 1. The first-order chi connectivity index (χ1) is 15.6. The number of carbonyl (C=O) groups excluding carboxylic acids is 1. The third-order valence-corrected chi connectivity index (χ3v) is 6.71. The molecule has 0 radical (unpaired) electrons. The molecule has 4 aromatic rings. The van der Waals surface area contributed by atoms with Crippen molar-refractivity contribution in [1.82, 2.24) is 19.9 Å². The van der Waals surface area contributed by atoms with E-state index < -0.39 is 0 Å². The van der Waals surface area contributed by atoms with Crippen LogP contribution in [0.4, 0.5) is 0 Å². The summed E-state index contributed by atoms with van der Waals surface area (Å²) in [5.41, 5.74) is 3.21. The van der Waals surface area contributed by atoms with Crippen LogP contribution in [0.5, 0.6) is 5.75 Å². The third kappa shape index (κ3) is 3.99. The fourth-order valence-electron chi connectivity index (χ4n) is 4.08. The zero-order valence-electron chi connectivity index (χ0n) is 18.1. The summed E-state index contributed by atoms with van der Waals surface area (Å²) in [5, 5.41) is 6.86. The Kier molecular flexibility index (Phi) is 5.63. The average molecular weight is 449 g/mol. The molecule has 1 aromatic carbocycles. The Morgan fingerprint density at radius 3 is 2.62 bits per heavy atom. The van der Waals surface area contributed by atoms with Crippen molar-refractivity contribution in [3.05, 3.63) is 64.0 Å². The van der Waals surface area contributed by atoms with Gasteiger partial charge in [-0.1, -0.05) is 11.2 Å². The van der Waals surface area contributed by atoms with Gasteiger partial charge < -0.3 is 14.2 Å². The Labute approximate surface area is 190 Å². The maximum absolute atomic E-state index is 13.6. The van der Waals surface area contributed by atoms with E-state index in [9.17, 15) is 4.79 Å². The van der Waals surface area contributed by atoms with Crippen LogP contribution in [-0.2, 0) is 6.54 Å². The van der Waals surface area contributed by atoms with Crippen LogP contribution < -0.4 is 4.74 Å². The number of methoxy groups -OCH3 is 1. The van der Waals surface area contributed by atoms with Gasteiger partial charge in [-0.2, -0.15) is 0 Å².